The molecule has 0 spiro atoms. The van der Waals surface area contributed by atoms with Crippen LogP contribution >= 0.6 is 0 Å². The van der Waals surface area contributed by atoms with Crippen molar-refractivity contribution < 1.29 is 14.2 Å². The van der Waals surface area contributed by atoms with Crippen LogP contribution in [0.1, 0.15) is 5.56 Å². The van der Waals surface area contributed by atoms with Gasteiger partial charge >= 0.3 is 0 Å². The highest BCUT2D eigenvalue weighted by atomic mass is 19.1. The predicted molar refractivity (Wildman–Crippen MR) is 67.7 cm³/mol. The van der Waals surface area contributed by atoms with Crippen molar-refractivity contribution in [3.63, 3.8) is 0 Å². The van der Waals surface area contributed by atoms with E-state index in [1.165, 1.54) is 18.3 Å². The number of rotatable bonds is 3. The minimum atomic E-state index is -0.993. The van der Waals surface area contributed by atoms with E-state index in [0.29, 0.717) is 5.56 Å². The van der Waals surface area contributed by atoms with E-state index in [0.717, 1.165) is 12.1 Å². The van der Waals surface area contributed by atoms with E-state index in [1.807, 2.05) is 0 Å². The lowest BCUT2D eigenvalue weighted by atomic mass is 10.0. The maximum atomic E-state index is 13.8. The van der Waals surface area contributed by atoms with E-state index in [4.69, 9.17) is 0 Å². The van der Waals surface area contributed by atoms with Crippen LogP contribution < -0.4 is 0 Å². The Bertz CT molecular complexity index is 686. The maximum absolute atomic E-state index is 13.8. The Morgan fingerprint density at radius 3 is 2.20 bits per heavy atom. The van der Waals surface area contributed by atoms with Gasteiger partial charge in [-0.05, 0) is 24.6 Å². The summed E-state index contributed by atoms with van der Waals surface area (Å²) in [5.41, 5.74) is -1.18. The molecule has 0 atom stereocenters. The van der Waals surface area contributed by atoms with Gasteiger partial charge in [0.05, 0.1) is 15.4 Å². The molecule has 1 aromatic heterocycles. The molecule has 0 aliphatic rings. The molecule has 7 nitrogen and oxygen atoms in total. The molecule has 102 valence electrons. The lowest BCUT2D eigenvalue weighted by molar-refractivity contribution is -0.392. The topological polar surface area (TPSA) is 99.2 Å². The molecule has 20 heavy (non-hydrogen) atoms. The molecule has 8 heteroatoms. The van der Waals surface area contributed by atoms with Gasteiger partial charge in [0, 0.05) is 18.3 Å². The van der Waals surface area contributed by atoms with Gasteiger partial charge in [-0.1, -0.05) is 0 Å². The molecule has 0 radical (unpaired) electrons. The fourth-order valence-corrected chi connectivity index (χ4v) is 1.84. The number of aromatic nitrogens is 1. The minimum absolute atomic E-state index is 0.260. The van der Waals surface area contributed by atoms with Crippen LogP contribution in [0.2, 0.25) is 0 Å². The van der Waals surface area contributed by atoms with E-state index in [1.54, 1.807) is 6.92 Å². The molecule has 0 saturated carbocycles. The van der Waals surface area contributed by atoms with Crippen LogP contribution in [0.25, 0.3) is 11.1 Å². The van der Waals surface area contributed by atoms with E-state index in [9.17, 15) is 24.6 Å². The van der Waals surface area contributed by atoms with Crippen LogP contribution in [0, 0.1) is 33.1 Å². The molecule has 0 amide bonds. The van der Waals surface area contributed by atoms with Crippen LogP contribution in [0.5, 0.6) is 0 Å². The first-order chi connectivity index (χ1) is 9.41. The Balaban J connectivity index is 2.86. The van der Waals surface area contributed by atoms with Crippen LogP contribution in [0.4, 0.5) is 15.8 Å². The Morgan fingerprint density at radius 2 is 1.70 bits per heavy atom. The van der Waals surface area contributed by atoms with Gasteiger partial charge in [-0.25, -0.2) is 4.98 Å². The number of benzene rings is 1. The first-order valence-electron chi connectivity index (χ1n) is 5.46. The van der Waals surface area contributed by atoms with E-state index >= 15 is 0 Å². The second kappa shape index (κ2) is 5.00. The normalized spacial score (nSPS) is 10.3. The Morgan fingerprint density at radius 1 is 1.15 bits per heavy atom. The van der Waals surface area contributed by atoms with Gasteiger partial charge in [0.2, 0.25) is 5.95 Å². The monoisotopic (exact) mass is 277 g/mol. The van der Waals surface area contributed by atoms with Gasteiger partial charge in [-0.3, -0.25) is 20.2 Å². The molecule has 1 aromatic carbocycles. The van der Waals surface area contributed by atoms with Crippen LogP contribution in [-0.2, 0) is 0 Å². The molecule has 0 unspecified atom stereocenters. The summed E-state index contributed by atoms with van der Waals surface area (Å²) in [6.45, 7) is 1.61. The molecule has 2 aromatic rings. The first-order valence-corrected chi connectivity index (χ1v) is 5.46. The van der Waals surface area contributed by atoms with Crippen molar-refractivity contribution in [1.29, 1.82) is 0 Å². The summed E-state index contributed by atoms with van der Waals surface area (Å²) in [7, 11) is 0. The maximum Gasteiger partial charge on any atom is 0.284 e. The van der Waals surface area contributed by atoms with Crippen molar-refractivity contribution in [2.75, 3.05) is 0 Å². The van der Waals surface area contributed by atoms with Crippen molar-refractivity contribution in [1.82, 2.24) is 4.98 Å². The second-order valence-corrected chi connectivity index (χ2v) is 4.04. The number of hydrogen-bond donors (Lipinski definition) is 0. The molecule has 0 aliphatic carbocycles. The summed E-state index contributed by atoms with van der Waals surface area (Å²) in [6, 6.07) is 4.65. The zero-order valence-corrected chi connectivity index (χ0v) is 10.2. The summed E-state index contributed by atoms with van der Waals surface area (Å²) >= 11 is 0. The van der Waals surface area contributed by atoms with Crippen molar-refractivity contribution in [2.45, 2.75) is 6.92 Å². The van der Waals surface area contributed by atoms with Crippen molar-refractivity contribution in [3.8, 4) is 11.1 Å². The molecule has 0 fully saturated rings. The van der Waals surface area contributed by atoms with Gasteiger partial charge in [-0.2, -0.15) is 4.39 Å². The van der Waals surface area contributed by atoms with Gasteiger partial charge in [-0.15, -0.1) is 0 Å². The third-order valence-electron chi connectivity index (χ3n) is 2.66. The average Bonchev–Trinajstić information content (AvgIpc) is 2.40. The Hall–Kier alpha value is -2.90. The van der Waals surface area contributed by atoms with Crippen LogP contribution in [0.15, 0.2) is 30.5 Å². The van der Waals surface area contributed by atoms with Gasteiger partial charge in [0.25, 0.3) is 11.4 Å². The van der Waals surface area contributed by atoms with Crippen molar-refractivity contribution in [3.05, 3.63) is 62.2 Å². The smallest absolute Gasteiger partial charge is 0.258 e. The van der Waals surface area contributed by atoms with Crippen LogP contribution in [0.3, 0.4) is 0 Å². The van der Waals surface area contributed by atoms with Crippen LogP contribution in [-0.4, -0.2) is 14.8 Å². The number of pyridine rings is 1. The zero-order chi connectivity index (χ0) is 14.9. The molecule has 0 aliphatic heterocycles. The highest BCUT2D eigenvalue weighted by molar-refractivity contribution is 5.82. The largest absolute Gasteiger partial charge is 0.284 e. The standard InChI is InChI=1S/C12H8FN3O4/c1-7-5-8(12(13)14-6-7)11-9(15(17)18)3-2-4-10(11)16(19)20/h2-6H,1H3. The molecular formula is C12H8FN3O4. The molecule has 2 rings (SSSR count). The highest BCUT2D eigenvalue weighted by Crippen LogP contribution is 2.38. The summed E-state index contributed by atoms with van der Waals surface area (Å²) in [4.78, 5) is 23.9. The lowest BCUT2D eigenvalue weighted by Gasteiger charge is -2.06. The summed E-state index contributed by atoms with van der Waals surface area (Å²) in [6.07, 6.45) is 1.24. The molecule has 0 bridgehead atoms. The van der Waals surface area contributed by atoms with E-state index in [2.05, 4.69) is 4.98 Å². The average molecular weight is 277 g/mol. The highest BCUT2D eigenvalue weighted by Gasteiger charge is 2.28. The van der Waals surface area contributed by atoms with Gasteiger partial charge < -0.3 is 0 Å². The summed E-state index contributed by atoms with van der Waals surface area (Å²) in [5, 5.41) is 22.0. The summed E-state index contributed by atoms with van der Waals surface area (Å²) in [5.74, 6) is -0.993. The number of nitro groups is 2. The number of nitro benzene ring substituents is 2. The molecule has 0 saturated heterocycles. The van der Waals surface area contributed by atoms with Crippen molar-refractivity contribution >= 4 is 11.4 Å². The quantitative estimate of drug-likeness (QED) is 0.487. The van der Waals surface area contributed by atoms with E-state index < -0.39 is 27.2 Å². The minimum Gasteiger partial charge on any atom is -0.258 e. The zero-order valence-electron chi connectivity index (χ0n) is 10.2. The van der Waals surface area contributed by atoms with Gasteiger partial charge in [0.15, 0.2) is 0 Å². The molecular weight excluding hydrogens is 269 g/mol. The fourth-order valence-electron chi connectivity index (χ4n) is 1.84. The second-order valence-electron chi connectivity index (χ2n) is 4.04. The van der Waals surface area contributed by atoms with E-state index in [-0.39, 0.29) is 11.1 Å². The molecule has 1 heterocycles. The molecule has 0 N–H and O–H groups in total. The number of hydrogen-bond acceptors (Lipinski definition) is 5. The predicted octanol–water partition coefficient (Wildman–Crippen LogP) is 3.01. The number of aryl methyl sites for hydroxylation is 1. The Labute approximate surface area is 112 Å². The lowest BCUT2D eigenvalue weighted by Crippen LogP contribution is -2.00. The summed E-state index contributed by atoms with van der Waals surface area (Å²) < 4.78 is 13.8. The SMILES string of the molecule is Cc1cnc(F)c(-c2c([N+](=O)[O-])cccc2[N+](=O)[O-])c1. The van der Waals surface area contributed by atoms with Crippen molar-refractivity contribution in [2.24, 2.45) is 0 Å². The number of halogens is 1. The van der Waals surface area contributed by atoms with Gasteiger partial charge in [0.1, 0.15) is 5.56 Å². The first kappa shape index (κ1) is 13.5. The fraction of sp³-hybridized carbons (Fsp3) is 0.0833. The Kier molecular flexibility index (Phi) is 3.38. The third kappa shape index (κ3) is 2.30. The third-order valence-corrected chi connectivity index (χ3v) is 2.66. The number of nitrogens with zero attached hydrogens (tertiary/aromatic N) is 3.